The molecule has 60 valence electrons. The van der Waals surface area contributed by atoms with Gasteiger partial charge in [0.2, 0.25) is 0 Å². The van der Waals surface area contributed by atoms with Crippen molar-refractivity contribution in [3.63, 3.8) is 0 Å². The van der Waals surface area contributed by atoms with Crippen molar-refractivity contribution < 1.29 is 4.74 Å². The predicted octanol–water partition coefficient (Wildman–Crippen LogP) is 0.877. The zero-order valence-electron chi connectivity index (χ0n) is 7.05. The summed E-state index contributed by atoms with van der Waals surface area (Å²) < 4.78 is 5.13. The SMILES string of the molecule is CNC(C(C)C)C1COC1. The minimum absolute atomic E-state index is 0.647. The van der Waals surface area contributed by atoms with E-state index in [0.717, 1.165) is 25.0 Å². The Labute approximate surface area is 63.0 Å². The topological polar surface area (TPSA) is 21.3 Å². The van der Waals surface area contributed by atoms with Crippen LogP contribution in [0.1, 0.15) is 13.8 Å². The first-order valence-corrected chi connectivity index (χ1v) is 4.00. The van der Waals surface area contributed by atoms with Gasteiger partial charge in [0.15, 0.2) is 0 Å². The third-order valence-corrected chi connectivity index (χ3v) is 2.22. The molecule has 2 nitrogen and oxygen atoms in total. The van der Waals surface area contributed by atoms with Gasteiger partial charge >= 0.3 is 0 Å². The molecule has 2 heteroatoms. The summed E-state index contributed by atoms with van der Waals surface area (Å²) in [4.78, 5) is 0. The van der Waals surface area contributed by atoms with Crippen LogP contribution in [-0.4, -0.2) is 26.3 Å². The Balaban J connectivity index is 2.31. The van der Waals surface area contributed by atoms with Gasteiger partial charge in [-0.15, -0.1) is 0 Å². The highest BCUT2D eigenvalue weighted by atomic mass is 16.5. The van der Waals surface area contributed by atoms with Crippen LogP contribution in [-0.2, 0) is 4.74 Å². The molecule has 1 rings (SSSR count). The van der Waals surface area contributed by atoms with Crippen molar-refractivity contribution >= 4 is 0 Å². The molecule has 1 unspecified atom stereocenters. The van der Waals surface area contributed by atoms with E-state index in [0.29, 0.717) is 6.04 Å². The Morgan fingerprint density at radius 1 is 1.40 bits per heavy atom. The molecule has 1 atom stereocenters. The molecule has 1 saturated heterocycles. The monoisotopic (exact) mass is 143 g/mol. The Kier molecular flexibility index (Phi) is 2.69. The van der Waals surface area contributed by atoms with Gasteiger partial charge in [-0.25, -0.2) is 0 Å². The van der Waals surface area contributed by atoms with Crippen molar-refractivity contribution in [3.8, 4) is 0 Å². The molecule has 1 N–H and O–H groups in total. The maximum absolute atomic E-state index is 5.13. The fraction of sp³-hybridized carbons (Fsp3) is 1.00. The zero-order chi connectivity index (χ0) is 7.56. The lowest BCUT2D eigenvalue weighted by molar-refractivity contribution is -0.0557. The number of hydrogen-bond donors (Lipinski definition) is 1. The molecule has 1 heterocycles. The Morgan fingerprint density at radius 3 is 2.10 bits per heavy atom. The minimum Gasteiger partial charge on any atom is -0.381 e. The van der Waals surface area contributed by atoms with Crippen molar-refractivity contribution in [1.82, 2.24) is 5.32 Å². The summed E-state index contributed by atoms with van der Waals surface area (Å²) >= 11 is 0. The van der Waals surface area contributed by atoms with Crippen LogP contribution < -0.4 is 5.32 Å². The first-order valence-electron chi connectivity index (χ1n) is 4.00. The van der Waals surface area contributed by atoms with Crippen LogP contribution >= 0.6 is 0 Å². The smallest absolute Gasteiger partial charge is 0.0531 e. The average molecular weight is 143 g/mol. The minimum atomic E-state index is 0.647. The summed E-state index contributed by atoms with van der Waals surface area (Å²) in [5.41, 5.74) is 0. The lowest BCUT2D eigenvalue weighted by atomic mass is 9.89. The molecule has 0 radical (unpaired) electrons. The fourth-order valence-electron chi connectivity index (χ4n) is 1.57. The Bertz CT molecular complexity index is 99.4. The van der Waals surface area contributed by atoms with Crippen molar-refractivity contribution in [2.24, 2.45) is 11.8 Å². The number of ether oxygens (including phenoxy) is 1. The summed E-state index contributed by atoms with van der Waals surface area (Å²) in [7, 11) is 2.03. The van der Waals surface area contributed by atoms with Crippen molar-refractivity contribution in [1.29, 1.82) is 0 Å². The zero-order valence-corrected chi connectivity index (χ0v) is 7.05. The maximum atomic E-state index is 5.13. The van der Waals surface area contributed by atoms with E-state index in [4.69, 9.17) is 4.74 Å². The van der Waals surface area contributed by atoms with Crippen molar-refractivity contribution in [2.75, 3.05) is 20.3 Å². The molecule has 0 spiro atoms. The first kappa shape index (κ1) is 8.02. The molecule has 1 aliphatic heterocycles. The lowest BCUT2D eigenvalue weighted by Gasteiger charge is -2.35. The van der Waals surface area contributed by atoms with Crippen LogP contribution in [0.3, 0.4) is 0 Å². The van der Waals surface area contributed by atoms with Crippen molar-refractivity contribution in [2.45, 2.75) is 19.9 Å². The van der Waals surface area contributed by atoms with E-state index in [2.05, 4.69) is 19.2 Å². The van der Waals surface area contributed by atoms with Gasteiger partial charge in [-0.2, -0.15) is 0 Å². The van der Waals surface area contributed by atoms with Crippen LogP contribution in [0.15, 0.2) is 0 Å². The molecular formula is C8H17NO. The molecule has 10 heavy (non-hydrogen) atoms. The van der Waals surface area contributed by atoms with Crippen LogP contribution in [0.5, 0.6) is 0 Å². The average Bonchev–Trinajstić information content (AvgIpc) is 1.76. The molecule has 0 aromatic rings. The van der Waals surface area contributed by atoms with Gasteiger partial charge < -0.3 is 10.1 Å². The van der Waals surface area contributed by atoms with E-state index in [9.17, 15) is 0 Å². The van der Waals surface area contributed by atoms with Gasteiger partial charge in [0.25, 0.3) is 0 Å². The number of nitrogens with one attached hydrogen (secondary N) is 1. The highest BCUT2D eigenvalue weighted by Gasteiger charge is 2.28. The van der Waals surface area contributed by atoms with E-state index in [1.165, 1.54) is 0 Å². The van der Waals surface area contributed by atoms with Crippen molar-refractivity contribution in [3.05, 3.63) is 0 Å². The van der Waals surface area contributed by atoms with E-state index >= 15 is 0 Å². The molecule has 1 aliphatic rings. The molecule has 0 aromatic heterocycles. The third kappa shape index (κ3) is 1.50. The summed E-state index contributed by atoms with van der Waals surface area (Å²) in [6, 6.07) is 0.647. The summed E-state index contributed by atoms with van der Waals surface area (Å²) in [5, 5.41) is 3.32. The van der Waals surface area contributed by atoms with Crippen LogP contribution in [0, 0.1) is 11.8 Å². The Morgan fingerprint density at radius 2 is 2.00 bits per heavy atom. The van der Waals surface area contributed by atoms with Gasteiger partial charge in [0, 0.05) is 12.0 Å². The number of rotatable bonds is 3. The largest absolute Gasteiger partial charge is 0.381 e. The molecular weight excluding hydrogens is 126 g/mol. The molecule has 0 aromatic carbocycles. The quantitative estimate of drug-likeness (QED) is 0.633. The molecule has 0 bridgehead atoms. The highest BCUT2D eigenvalue weighted by Crippen LogP contribution is 2.19. The molecule has 0 saturated carbocycles. The van der Waals surface area contributed by atoms with Gasteiger partial charge in [-0.1, -0.05) is 13.8 Å². The first-order chi connectivity index (χ1) is 4.75. The van der Waals surface area contributed by atoms with Gasteiger partial charge in [-0.05, 0) is 13.0 Å². The molecule has 1 fully saturated rings. The lowest BCUT2D eigenvalue weighted by Crippen LogP contribution is -2.47. The summed E-state index contributed by atoms with van der Waals surface area (Å²) in [6.45, 7) is 6.40. The van der Waals surface area contributed by atoms with Crippen LogP contribution in [0.2, 0.25) is 0 Å². The van der Waals surface area contributed by atoms with Gasteiger partial charge in [-0.3, -0.25) is 0 Å². The molecule has 0 aliphatic carbocycles. The molecule has 0 amide bonds. The standard InChI is InChI=1S/C8H17NO/c1-6(2)8(9-3)7-4-10-5-7/h6-9H,4-5H2,1-3H3. The summed E-state index contributed by atoms with van der Waals surface area (Å²) in [6.07, 6.45) is 0. The second-order valence-corrected chi connectivity index (χ2v) is 3.36. The van der Waals surface area contributed by atoms with Crippen LogP contribution in [0.4, 0.5) is 0 Å². The van der Waals surface area contributed by atoms with Gasteiger partial charge in [0.05, 0.1) is 13.2 Å². The normalized spacial score (nSPS) is 22.8. The Hall–Kier alpha value is -0.0800. The van der Waals surface area contributed by atoms with E-state index in [-0.39, 0.29) is 0 Å². The second kappa shape index (κ2) is 3.35. The predicted molar refractivity (Wildman–Crippen MR) is 42.0 cm³/mol. The third-order valence-electron chi connectivity index (χ3n) is 2.22. The van der Waals surface area contributed by atoms with E-state index in [1.807, 2.05) is 7.05 Å². The van der Waals surface area contributed by atoms with E-state index in [1.54, 1.807) is 0 Å². The maximum Gasteiger partial charge on any atom is 0.0531 e. The summed E-state index contributed by atoms with van der Waals surface area (Å²) in [5.74, 6) is 1.48. The van der Waals surface area contributed by atoms with Gasteiger partial charge in [0.1, 0.15) is 0 Å². The number of hydrogen-bond acceptors (Lipinski definition) is 2. The second-order valence-electron chi connectivity index (χ2n) is 3.36. The fourth-order valence-corrected chi connectivity index (χ4v) is 1.57. The highest BCUT2D eigenvalue weighted by molar-refractivity contribution is 4.81. The van der Waals surface area contributed by atoms with Crippen LogP contribution in [0.25, 0.3) is 0 Å². The van der Waals surface area contributed by atoms with E-state index < -0.39 is 0 Å².